The van der Waals surface area contributed by atoms with Crippen LogP contribution in [0.5, 0.6) is 0 Å². The molecule has 2 heterocycles. The Balaban J connectivity index is 1.46. The van der Waals surface area contributed by atoms with Gasteiger partial charge in [-0.25, -0.2) is 14.3 Å². The predicted octanol–water partition coefficient (Wildman–Crippen LogP) is 2.66. The second-order valence-corrected chi connectivity index (χ2v) is 6.88. The number of carbonyl (C=O) groups is 2. The van der Waals surface area contributed by atoms with Crippen molar-refractivity contribution in [1.29, 1.82) is 0 Å². The molecule has 7 heteroatoms. The Kier molecular flexibility index (Phi) is 4.43. The largest absolute Gasteiger partial charge is 0.451 e. The fourth-order valence-electron chi connectivity index (χ4n) is 3.44. The van der Waals surface area contributed by atoms with Gasteiger partial charge in [-0.15, -0.1) is 5.10 Å². The Morgan fingerprint density at radius 2 is 1.85 bits per heavy atom. The van der Waals surface area contributed by atoms with Gasteiger partial charge in [0.05, 0.1) is 0 Å². The quantitative estimate of drug-likeness (QED) is 0.522. The summed E-state index contributed by atoms with van der Waals surface area (Å²) in [5.41, 5.74) is 4.70. The van der Waals surface area contributed by atoms with Gasteiger partial charge in [0.1, 0.15) is 0 Å². The van der Waals surface area contributed by atoms with E-state index in [0.29, 0.717) is 11.3 Å². The predicted molar refractivity (Wildman–Crippen MR) is 98.0 cm³/mol. The molecule has 0 fully saturated rings. The first kappa shape index (κ1) is 17.3. The summed E-state index contributed by atoms with van der Waals surface area (Å²) in [6.45, 7) is 3.36. The van der Waals surface area contributed by atoms with Crippen molar-refractivity contribution in [2.45, 2.75) is 39.5 Å². The summed E-state index contributed by atoms with van der Waals surface area (Å²) in [6.07, 6.45) is 4.39. The lowest BCUT2D eigenvalue weighted by atomic mass is 9.90. The van der Waals surface area contributed by atoms with E-state index in [-0.39, 0.29) is 18.2 Å². The van der Waals surface area contributed by atoms with Gasteiger partial charge in [-0.05, 0) is 62.8 Å². The monoisotopic (exact) mass is 364 g/mol. The summed E-state index contributed by atoms with van der Waals surface area (Å²) in [5.74, 6) is -0.732. The Bertz CT molecular complexity index is 1050. The number of Topliss-reactive ketones (excluding diaryl/α,β-unsaturated/α-hetero) is 1. The number of rotatable bonds is 4. The molecule has 0 unspecified atom stereocenters. The molecule has 1 aliphatic rings. The van der Waals surface area contributed by atoms with Gasteiger partial charge in [0, 0.05) is 17.0 Å². The lowest BCUT2D eigenvalue weighted by Gasteiger charge is -2.16. The highest BCUT2D eigenvalue weighted by atomic mass is 16.5. The number of ketones is 1. The Morgan fingerprint density at radius 1 is 1.07 bits per heavy atom. The zero-order valence-electron chi connectivity index (χ0n) is 15.4. The summed E-state index contributed by atoms with van der Waals surface area (Å²) in [4.78, 5) is 33.0. The molecule has 138 valence electrons. The van der Waals surface area contributed by atoms with Gasteiger partial charge in [-0.2, -0.15) is 4.98 Å². The third-order valence-electron chi connectivity index (χ3n) is 4.81. The van der Waals surface area contributed by atoms with Crippen LogP contribution in [0, 0.1) is 13.8 Å². The molecule has 7 nitrogen and oxygen atoms in total. The summed E-state index contributed by atoms with van der Waals surface area (Å²) in [6, 6.07) is 7.57. The minimum absolute atomic E-state index is 0.102. The van der Waals surface area contributed by atoms with E-state index < -0.39 is 5.97 Å². The van der Waals surface area contributed by atoms with Crippen LogP contribution in [0.15, 0.2) is 24.3 Å². The molecule has 0 amide bonds. The van der Waals surface area contributed by atoms with Crippen molar-refractivity contribution in [2.75, 3.05) is 6.61 Å². The average Bonchev–Trinajstić information content (AvgIpc) is 3.10. The van der Waals surface area contributed by atoms with Gasteiger partial charge < -0.3 is 4.74 Å². The van der Waals surface area contributed by atoms with E-state index >= 15 is 0 Å². The molecule has 0 radical (unpaired) electrons. The van der Waals surface area contributed by atoms with Crippen molar-refractivity contribution in [3.63, 3.8) is 0 Å². The van der Waals surface area contributed by atoms with E-state index in [1.54, 1.807) is 6.07 Å². The molecule has 0 spiro atoms. The smallest absolute Gasteiger partial charge is 0.378 e. The highest BCUT2D eigenvalue weighted by Gasteiger charge is 2.19. The van der Waals surface area contributed by atoms with Crippen LogP contribution in [0.3, 0.4) is 0 Å². The fourth-order valence-corrected chi connectivity index (χ4v) is 3.44. The van der Waals surface area contributed by atoms with Crippen molar-refractivity contribution in [3.05, 3.63) is 58.2 Å². The molecule has 4 rings (SSSR count). The Hall–Kier alpha value is -3.09. The molecule has 2 aromatic heterocycles. The Labute approximate surface area is 156 Å². The zero-order chi connectivity index (χ0) is 19.0. The average molecular weight is 364 g/mol. The van der Waals surface area contributed by atoms with E-state index in [0.717, 1.165) is 30.7 Å². The van der Waals surface area contributed by atoms with Crippen LogP contribution in [0.4, 0.5) is 0 Å². The number of nitrogens with zero attached hydrogens (tertiary/aromatic N) is 4. The summed E-state index contributed by atoms with van der Waals surface area (Å²) < 4.78 is 6.61. The second kappa shape index (κ2) is 6.90. The van der Waals surface area contributed by atoms with Crippen LogP contribution in [0.2, 0.25) is 0 Å². The maximum atomic E-state index is 12.4. The first-order chi connectivity index (χ1) is 13.0. The molecule has 3 aromatic rings. The lowest BCUT2D eigenvalue weighted by Crippen LogP contribution is -2.16. The van der Waals surface area contributed by atoms with E-state index in [9.17, 15) is 9.59 Å². The first-order valence-corrected chi connectivity index (χ1v) is 9.04. The van der Waals surface area contributed by atoms with Crippen LogP contribution in [-0.4, -0.2) is 37.9 Å². The Morgan fingerprint density at radius 3 is 2.67 bits per heavy atom. The molecule has 0 atom stereocenters. The standard InChI is InChI=1S/C20H20N4O3/c1-12-9-13(2)24-20(21-12)22-18(23-24)19(26)27-11-17(25)16-8-7-14-5-3-4-6-15(14)10-16/h7-10H,3-6,11H2,1-2H3. The first-order valence-electron chi connectivity index (χ1n) is 9.04. The van der Waals surface area contributed by atoms with Gasteiger partial charge in [0.25, 0.3) is 11.6 Å². The minimum atomic E-state index is -0.733. The number of carbonyl (C=O) groups excluding carboxylic acids is 2. The number of esters is 1. The number of benzene rings is 1. The number of hydrogen-bond acceptors (Lipinski definition) is 6. The van der Waals surface area contributed by atoms with Crippen LogP contribution in [-0.2, 0) is 17.6 Å². The molecule has 0 aliphatic heterocycles. The molecule has 27 heavy (non-hydrogen) atoms. The van der Waals surface area contributed by atoms with Gasteiger partial charge in [-0.3, -0.25) is 4.79 Å². The van der Waals surface area contributed by atoms with Crippen molar-refractivity contribution in [1.82, 2.24) is 19.6 Å². The maximum Gasteiger partial charge on any atom is 0.378 e. The van der Waals surface area contributed by atoms with Gasteiger partial charge in [-0.1, -0.05) is 12.1 Å². The number of ether oxygens (including phenoxy) is 1. The fraction of sp³-hybridized carbons (Fsp3) is 0.350. The van der Waals surface area contributed by atoms with Crippen molar-refractivity contribution >= 4 is 17.5 Å². The maximum absolute atomic E-state index is 12.4. The molecule has 0 bridgehead atoms. The van der Waals surface area contributed by atoms with Gasteiger partial charge in [0.2, 0.25) is 0 Å². The van der Waals surface area contributed by atoms with Crippen LogP contribution in [0.1, 0.15) is 56.3 Å². The van der Waals surface area contributed by atoms with Crippen molar-refractivity contribution in [2.24, 2.45) is 0 Å². The van der Waals surface area contributed by atoms with Crippen molar-refractivity contribution in [3.8, 4) is 0 Å². The number of fused-ring (bicyclic) bond motifs is 2. The molecule has 0 saturated heterocycles. The molecule has 0 saturated carbocycles. The highest BCUT2D eigenvalue weighted by molar-refractivity contribution is 5.99. The molecule has 0 N–H and O–H groups in total. The zero-order valence-corrected chi connectivity index (χ0v) is 15.4. The molecule has 1 aliphatic carbocycles. The highest BCUT2D eigenvalue weighted by Crippen LogP contribution is 2.22. The SMILES string of the molecule is Cc1cc(C)n2nc(C(=O)OCC(=O)c3ccc4c(c3)CCCC4)nc2n1. The second-order valence-electron chi connectivity index (χ2n) is 6.88. The summed E-state index contributed by atoms with van der Waals surface area (Å²) >= 11 is 0. The van der Waals surface area contributed by atoms with E-state index in [1.807, 2.05) is 32.0 Å². The van der Waals surface area contributed by atoms with Crippen molar-refractivity contribution < 1.29 is 14.3 Å². The molecule has 1 aromatic carbocycles. The number of aromatic nitrogens is 4. The van der Waals surface area contributed by atoms with E-state index in [1.165, 1.54) is 22.1 Å². The normalized spacial score (nSPS) is 13.4. The topological polar surface area (TPSA) is 86.5 Å². The van der Waals surface area contributed by atoms with Crippen LogP contribution < -0.4 is 0 Å². The third-order valence-corrected chi connectivity index (χ3v) is 4.81. The third kappa shape index (κ3) is 3.45. The number of hydrogen-bond donors (Lipinski definition) is 0. The van der Waals surface area contributed by atoms with E-state index in [4.69, 9.17) is 4.74 Å². The number of aryl methyl sites for hydroxylation is 4. The van der Waals surface area contributed by atoms with Gasteiger partial charge >= 0.3 is 5.97 Å². The van der Waals surface area contributed by atoms with Gasteiger partial charge in [0.15, 0.2) is 12.4 Å². The summed E-state index contributed by atoms with van der Waals surface area (Å²) in [7, 11) is 0. The lowest BCUT2D eigenvalue weighted by molar-refractivity contribution is 0.0463. The molecular formula is C20H20N4O3. The summed E-state index contributed by atoms with van der Waals surface area (Å²) in [5, 5.41) is 4.12. The molecular weight excluding hydrogens is 344 g/mol. The van der Waals surface area contributed by atoms with E-state index in [2.05, 4.69) is 15.1 Å². The van der Waals surface area contributed by atoms with Crippen LogP contribution >= 0.6 is 0 Å². The van der Waals surface area contributed by atoms with Crippen LogP contribution in [0.25, 0.3) is 5.78 Å². The minimum Gasteiger partial charge on any atom is -0.451 e.